The van der Waals surface area contributed by atoms with Crippen molar-refractivity contribution < 1.29 is 5.21 Å². The molecule has 0 aromatic carbocycles. The summed E-state index contributed by atoms with van der Waals surface area (Å²) in [5.41, 5.74) is 4.45. The summed E-state index contributed by atoms with van der Waals surface area (Å²) in [6.07, 6.45) is 8.48. The van der Waals surface area contributed by atoms with E-state index in [1.165, 1.54) is 0 Å². The summed E-state index contributed by atoms with van der Waals surface area (Å²) in [7, 11) is 0. The molecule has 0 bridgehead atoms. The van der Waals surface area contributed by atoms with Crippen LogP contribution in [0.25, 0.3) is 33.9 Å². The van der Waals surface area contributed by atoms with Crippen molar-refractivity contribution in [3.63, 3.8) is 0 Å². The van der Waals surface area contributed by atoms with E-state index in [0.29, 0.717) is 23.0 Å². The summed E-state index contributed by atoms with van der Waals surface area (Å²) in [5.74, 6) is 1.10. The average Bonchev–Trinajstić information content (AvgIpc) is 2.93. The number of imidazole rings is 1. The van der Waals surface area contributed by atoms with Crippen LogP contribution in [0.3, 0.4) is 0 Å². The first-order valence-electron chi connectivity index (χ1n) is 7.72. The molecule has 25 heavy (non-hydrogen) atoms. The van der Waals surface area contributed by atoms with Gasteiger partial charge in [0.15, 0.2) is 5.82 Å². The molecule has 2 N–H and O–H groups in total. The van der Waals surface area contributed by atoms with Gasteiger partial charge in [-0.05, 0) is 30.3 Å². The minimum atomic E-state index is 0.451. The molecule has 0 fully saturated rings. The average molecular weight is 328 g/mol. The summed E-state index contributed by atoms with van der Waals surface area (Å²) in [4.78, 5) is 17.3. The molecule has 0 atom stereocenters. The predicted molar refractivity (Wildman–Crippen MR) is 92.4 cm³/mol. The molecular formula is C18H12N6O. The Morgan fingerprint density at radius 2 is 1.76 bits per heavy atom. The molecule has 0 saturated heterocycles. The maximum atomic E-state index is 10.9. The number of nitrogens with one attached hydrogen (secondary N) is 1. The van der Waals surface area contributed by atoms with Gasteiger partial charge < -0.3 is 10.5 Å². The third kappa shape index (κ3) is 1.99. The molecule has 5 rings (SSSR count). The number of nitrogens with zero attached hydrogens (tertiary/aromatic N) is 5. The SMILES string of the molecule is On1c(-c2ccncc2)nc2c1-c1cccnc1Nc1cnccc1-2. The van der Waals surface area contributed by atoms with Crippen LogP contribution in [0.5, 0.6) is 0 Å². The number of hydrogen-bond donors (Lipinski definition) is 2. The third-order valence-corrected chi connectivity index (χ3v) is 4.19. The lowest BCUT2D eigenvalue weighted by molar-refractivity contribution is 0.195. The molecule has 7 nitrogen and oxygen atoms in total. The number of aromatic nitrogens is 5. The molecule has 0 radical (unpaired) electrons. The van der Waals surface area contributed by atoms with E-state index in [2.05, 4.69) is 20.3 Å². The fourth-order valence-electron chi connectivity index (χ4n) is 3.05. The summed E-state index contributed by atoms with van der Waals surface area (Å²) < 4.78 is 1.11. The predicted octanol–water partition coefficient (Wildman–Crippen LogP) is 3.36. The minimum absolute atomic E-state index is 0.451. The van der Waals surface area contributed by atoms with Crippen molar-refractivity contribution in [1.29, 1.82) is 0 Å². The van der Waals surface area contributed by atoms with Crippen molar-refractivity contribution in [2.75, 3.05) is 5.32 Å². The molecule has 1 aliphatic heterocycles. The van der Waals surface area contributed by atoms with E-state index in [4.69, 9.17) is 4.98 Å². The van der Waals surface area contributed by atoms with Gasteiger partial charge in [0.2, 0.25) is 0 Å². The van der Waals surface area contributed by atoms with E-state index < -0.39 is 0 Å². The number of rotatable bonds is 1. The maximum absolute atomic E-state index is 10.9. The molecule has 4 aromatic heterocycles. The highest BCUT2D eigenvalue weighted by molar-refractivity contribution is 5.95. The van der Waals surface area contributed by atoms with Gasteiger partial charge in [-0.1, -0.05) is 0 Å². The lowest BCUT2D eigenvalue weighted by atomic mass is 10.1. The van der Waals surface area contributed by atoms with Gasteiger partial charge in [0, 0.05) is 41.5 Å². The summed E-state index contributed by atoms with van der Waals surface area (Å²) >= 11 is 0. The zero-order valence-electron chi connectivity index (χ0n) is 13.0. The Bertz CT molecular complexity index is 1090. The largest absolute Gasteiger partial charge is 0.426 e. The van der Waals surface area contributed by atoms with Gasteiger partial charge in [0.05, 0.1) is 11.9 Å². The van der Waals surface area contributed by atoms with Crippen molar-refractivity contribution in [2.24, 2.45) is 0 Å². The van der Waals surface area contributed by atoms with Crippen LogP contribution < -0.4 is 5.32 Å². The van der Waals surface area contributed by atoms with Crippen LogP contribution in [0.15, 0.2) is 61.3 Å². The standard InChI is InChI=1S/C18H12N6O/c25-24-16-13-2-1-6-21-17(13)22-14-10-20-9-5-12(14)15(16)23-18(24)11-3-7-19-8-4-11/h1-10,25H,(H,21,22). The van der Waals surface area contributed by atoms with Crippen LogP contribution in [0.2, 0.25) is 0 Å². The maximum Gasteiger partial charge on any atom is 0.176 e. The summed E-state index contributed by atoms with van der Waals surface area (Å²) in [6.45, 7) is 0. The van der Waals surface area contributed by atoms with E-state index in [1.807, 2.05) is 30.3 Å². The second kappa shape index (κ2) is 5.13. The van der Waals surface area contributed by atoms with Gasteiger partial charge in [0.25, 0.3) is 0 Å². The Labute approximate surface area is 142 Å². The second-order valence-electron chi connectivity index (χ2n) is 5.63. The Kier molecular flexibility index (Phi) is 2.81. The normalized spacial score (nSPS) is 11.7. The van der Waals surface area contributed by atoms with Crippen molar-refractivity contribution in [1.82, 2.24) is 24.7 Å². The van der Waals surface area contributed by atoms with Crippen molar-refractivity contribution in [3.05, 3.63) is 61.3 Å². The smallest absolute Gasteiger partial charge is 0.176 e. The minimum Gasteiger partial charge on any atom is -0.426 e. The van der Waals surface area contributed by atoms with E-state index in [-0.39, 0.29) is 0 Å². The fourth-order valence-corrected chi connectivity index (χ4v) is 3.05. The van der Waals surface area contributed by atoms with Gasteiger partial charge in [-0.25, -0.2) is 9.97 Å². The zero-order valence-corrected chi connectivity index (χ0v) is 13.0. The second-order valence-corrected chi connectivity index (χ2v) is 5.63. The molecular weight excluding hydrogens is 316 g/mol. The number of pyridine rings is 3. The lowest BCUT2D eigenvalue weighted by Gasteiger charge is -2.09. The molecule has 1 aliphatic rings. The molecule has 5 heterocycles. The van der Waals surface area contributed by atoms with E-state index in [0.717, 1.165) is 27.1 Å². The molecule has 7 heteroatoms. The van der Waals surface area contributed by atoms with Gasteiger partial charge >= 0.3 is 0 Å². The fraction of sp³-hybridized carbons (Fsp3) is 0. The first-order valence-corrected chi connectivity index (χ1v) is 7.72. The summed E-state index contributed by atoms with van der Waals surface area (Å²) in [5, 5.41) is 14.2. The van der Waals surface area contributed by atoms with Gasteiger partial charge in [-0.3, -0.25) is 9.97 Å². The molecule has 0 spiro atoms. The van der Waals surface area contributed by atoms with E-state index in [9.17, 15) is 5.21 Å². The van der Waals surface area contributed by atoms with Crippen molar-refractivity contribution in [3.8, 4) is 33.9 Å². The highest BCUT2D eigenvalue weighted by Gasteiger charge is 2.27. The first-order chi connectivity index (χ1) is 12.3. The van der Waals surface area contributed by atoms with Gasteiger partial charge in [-0.15, -0.1) is 0 Å². The van der Waals surface area contributed by atoms with Crippen LogP contribution >= 0.6 is 0 Å². The summed E-state index contributed by atoms with van der Waals surface area (Å²) in [6, 6.07) is 9.22. The molecule has 120 valence electrons. The molecule has 0 saturated carbocycles. The lowest BCUT2D eigenvalue weighted by Crippen LogP contribution is -2.00. The Hall–Kier alpha value is -3.74. The molecule has 4 aromatic rings. The Morgan fingerprint density at radius 3 is 2.64 bits per heavy atom. The van der Waals surface area contributed by atoms with Crippen molar-refractivity contribution >= 4 is 11.5 Å². The van der Waals surface area contributed by atoms with Crippen molar-refractivity contribution in [2.45, 2.75) is 0 Å². The van der Waals surface area contributed by atoms with Crippen LogP contribution in [-0.2, 0) is 0 Å². The monoisotopic (exact) mass is 328 g/mol. The number of hydrogen-bond acceptors (Lipinski definition) is 6. The Morgan fingerprint density at radius 1 is 0.920 bits per heavy atom. The highest BCUT2D eigenvalue weighted by atomic mass is 16.5. The topological polar surface area (TPSA) is 88.8 Å². The van der Waals surface area contributed by atoms with Crippen LogP contribution in [-0.4, -0.2) is 29.9 Å². The zero-order chi connectivity index (χ0) is 16.8. The van der Waals surface area contributed by atoms with Crippen LogP contribution in [0.1, 0.15) is 0 Å². The number of fused-ring (bicyclic) bond motifs is 5. The Balaban J connectivity index is 1.87. The van der Waals surface area contributed by atoms with Gasteiger partial charge in [0.1, 0.15) is 17.2 Å². The van der Waals surface area contributed by atoms with E-state index >= 15 is 0 Å². The molecule has 0 amide bonds. The quantitative estimate of drug-likeness (QED) is 0.459. The third-order valence-electron chi connectivity index (χ3n) is 4.19. The first kappa shape index (κ1) is 13.7. The van der Waals surface area contributed by atoms with Crippen LogP contribution in [0.4, 0.5) is 11.5 Å². The molecule has 0 aliphatic carbocycles. The van der Waals surface area contributed by atoms with Gasteiger partial charge in [-0.2, -0.15) is 4.73 Å². The van der Waals surface area contributed by atoms with Crippen LogP contribution in [0, 0.1) is 0 Å². The number of anilines is 2. The molecule has 0 unspecified atom stereocenters. The van der Waals surface area contributed by atoms with E-state index in [1.54, 1.807) is 31.0 Å². The highest BCUT2D eigenvalue weighted by Crippen LogP contribution is 2.43.